The summed E-state index contributed by atoms with van der Waals surface area (Å²) in [5.41, 5.74) is 10.9. The normalized spacial score (nSPS) is 11.6. The fourth-order valence-corrected chi connectivity index (χ4v) is 9.21. The number of fused-ring (bicyclic) bond motifs is 9. The van der Waals surface area contributed by atoms with Gasteiger partial charge in [-0.1, -0.05) is 200 Å². The van der Waals surface area contributed by atoms with Gasteiger partial charge in [-0.2, -0.15) is 0 Å². The maximum Gasteiger partial charge on any atom is 0.164 e. The molecule has 0 saturated heterocycles. The van der Waals surface area contributed by atoms with Gasteiger partial charge in [0.25, 0.3) is 0 Å². The maximum absolute atomic E-state index is 5.04. The van der Waals surface area contributed by atoms with Crippen LogP contribution in [0.15, 0.2) is 218 Å². The highest BCUT2D eigenvalue weighted by molar-refractivity contribution is 6.26. The Balaban J connectivity index is 1.14. The summed E-state index contributed by atoms with van der Waals surface area (Å²) in [5, 5.41) is 9.86. The Bertz CT molecular complexity index is 3560. The smallest absolute Gasteiger partial charge is 0.164 e. The Morgan fingerprint density at radius 2 is 0.656 bits per heavy atom. The van der Waals surface area contributed by atoms with Crippen LogP contribution in [0.2, 0.25) is 0 Å². The van der Waals surface area contributed by atoms with E-state index in [1.807, 2.05) is 60.7 Å². The van der Waals surface area contributed by atoms with E-state index in [1.165, 1.54) is 59.7 Å². The summed E-state index contributed by atoms with van der Waals surface area (Å²) in [6.07, 6.45) is 0. The lowest BCUT2D eigenvalue weighted by molar-refractivity contribution is 1.07. The summed E-state index contributed by atoms with van der Waals surface area (Å²) in [4.78, 5) is 15.0. The molecule has 2 aromatic heterocycles. The lowest BCUT2D eigenvalue weighted by Crippen LogP contribution is -2.01. The van der Waals surface area contributed by atoms with Crippen LogP contribution in [0.5, 0.6) is 0 Å². The van der Waals surface area contributed by atoms with Crippen LogP contribution in [-0.4, -0.2) is 19.5 Å². The first-order valence-electron chi connectivity index (χ1n) is 20.7. The average Bonchev–Trinajstić information content (AvgIpc) is 3.69. The third-order valence-corrected chi connectivity index (χ3v) is 12.0. The molecule has 0 aliphatic heterocycles. The Morgan fingerprint density at radius 3 is 1.21 bits per heavy atom. The molecule has 0 atom stereocenters. The zero-order chi connectivity index (χ0) is 40.3. The number of nitrogens with zero attached hydrogens (tertiary/aromatic N) is 4. The topological polar surface area (TPSA) is 43.6 Å². The van der Waals surface area contributed by atoms with E-state index in [4.69, 9.17) is 15.0 Å². The van der Waals surface area contributed by atoms with Crippen LogP contribution in [0.4, 0.5) is 0 Å². The van der Waals surface area contributed by atoms with Gasteiger partial charge in [0.1, 0.15) is 0 Å². The van der Waals surface area contributed by atoms with E-state index in [9.17, 15) is 0 Å². The highest BCUT2D eigenvalue weighted by atomic mass is 15.0. The predicted molar refractivity (Wildman–Crippen MR) is 254 cm³/mol. The third kappa shape index (κ3) is 5.80. The molecule has 12 rings (SSSR count). The molecule has 0 aliphatic rings. The molecule has 61 heavy (non-hydrogen) atoms. The molecule has 4 nitrogen and oxygen atoms in total. The molecule has 0 radical (unpaired) electrons. The van der Waals surface area contributed by atoms with Crippen LogP contribution in [0.25, 0.3) is 116 Å². The minimum absolute atomic E-state index is 0.630. The molecule has 0 spiro atoms. The summed E-state index contributed by atoms with van der Waals surface area (Å²) in [7, 11) is 0. The van der Waals surface area contributed by atoms with E-state index >= 15 is 0 Å². The molecule has 0 aliphatic carbocycles. The van der Waals surface area contributed by atoms with Gasteiger partial charge in [-0.15, -0.1) is 0 Å². The van der Waals surface area contributed by atoms with Crippen LogP contribution in [0, 0.1) is 0 Å². The monoisotopic (exact) mass is 776 g/mol. The van der Waals surface area contributed by atoms with E-state index in [2.05, 4.69) is 162 Å². The zero-order valence-corrected chi connectivity index (χ0v) is 33.1. The lowest BCUT2D eigenvalue weighted by Gasteiger charge is -2.19. The van der Waals surface area contributed by atoms with E-state index in [0.717, 1.165) is 39.0 Å². The molecule has 0 saturated carbocycles. The largest absolute Gasteiger partial charge is 0.308 e. The Morgan fingerprint density at radius 1 is 0.262 bits per heavy atom. The van der Waals surface area contributed by atoms with Crippen LogP contribution < -0.4 is 0 Å². The van der Waals surface area contributed by atoms with Gasteiger partial charge in [0.2, 0.25) is 0 Å². The van der Waals surface area contributed by atoms with Gasteiger partial charge in [-0.05, 0) is 61.6 Å². The van der Waals surface area contributed by atoms with Crippen molar-refractivity contribution in [2.24, 2.45) is 0 Å². The molecule has 0 unspecified atom stereocenters. The van der Waals surface area contributed by atoms with Crippen molar-refractivity contribution in [3.05, 3.63) is 218 Å². The number of para-hydroxylation sites is 2. The van der Waals surface area contributed by atoms with Gasteiger partial charge in [0, 0.05) is 38.6 Å². The molecule has 2 heterocycles. The summed E-state index contributed by atoms with van der Waals surface area (Å²) >= 11 is 0. The number of hydrogen-bond donors (Lipinski definition) is 0. The van der Waals surface area contributed by atoms with E-state index in [-0.39, 0.29) is 0 Å². The molecule has 0 N–H and O–H groups in total. The molecule has 0 amide bonds. The number of hydrogen-bond acceptors (Lipinski definition) is 3. The summed E-state index contributed by atoms with van der Waals surface area (Å²) in [6, 6.07) is 77.8. The van der Waals surface area contributed by atoms with Gasteiger partial charge < -0.3 is 4.57 Å². The first-order chi connectivity index (χ1) is 30.3. The molecular weight excluding hydrogens is 741 g/mol. The van der Waals surface area contributed by atoms with Crippen molar-refractivity contribution in [1.82, 2.24) is 19.5 Å². The van der Waals surface area contributed by atoms with Crippen LogP contribution >= 0.6 is 0 Å². The maximum atomic E-state index is 5.04. The van der Waals surface area contributed by atoms with E-state index in [0.29, 0.717) is 17.5 Å². The fourth-order valence-electron chi connectivity index (χ4n) is 9.21. The molecule has 12 aromatic rings. The Kier molecular flexibility index (Phi) is 8.13. The van der Waals surface area contributed by atoms with Gasteiger partial charge in [0.15, 0.2) is 17.5 Å². The van der Waals surface area contributed by atoms with Gasteiger partial charge in [-0.3, -0.25) is 0 Å². The van der Waals surface area contributed by atoms with Gasteiger partial charge in [0.05, 0.1) is 16.7 Å². The van der Waals surface area contributed by atoms with Crippen LogP contribution in [0.3, 0.4) is 0 Å². The summed E-state index contributed by atoms with van der Waals surface area (Å²) < 4.78 is 2.50. The van der Waals surface area contributed by atoms with E-state index < -0.39 is 0 Å². The van der Waals surface area contributed by atoms with Crippen molar-refractivity contribution in [3.63, 3.8) is 0 Å². The predicted octanol–water partition coefficient (Wildman–Crippen LogP) is 14.8. The van der Waals surface area contributed by atoms with Gasteiger partial charge >= 0.3 is 0 Å². The molecule has 0 bridgehead atoms. The standard InChI is InChI=1S/C57H36N4/c1-4-17-37(18-5-1)42-28-16-29-48-47-27-14-15-30-52(47)61(54(42)48)53-36-51-46-26-13-11-24-44(46)43-23-10-12-25-45(43)50(51)35-49(53)38-31-33-41(34-32-38)57-59-55(39-19-6-2-7-20-39)58-56(60-57)40-21-8-3-9-22-40/h1-36H. The Labute approximate surface area is 352 Å². The second-order valence-corrected chi connectivity index (χ2v) is 15.5. The fraction of sp³-hybridized carbons (Fsp3) is 0. The summed E-state index contributed by atoms with van der Waals surface area (Å²) in [5.74, 6) is 1.92. The minimum atomic E-state index is 0.630. The van der Waals surface area contributed by atoms with Crippen LogP contribution in [-0.2, 0) is 0 Å². The number of benzene rings is 10. The second-order valence-electron chi connectivity index (χ2n) is 15.5. The number of aromatic nitrogens is 4. The zero-order valence-electron chi connectivity index (χ0n) is 33.1. The van der Waals surface area contributed by atoms with Crippen molar-refractivity contribution in [1.29, 1.82) is 0 Å². The first-order valence-corrected chi connectivity index (χ1v) is 20.7. The van der Waals surface area contributed by atoms with E-state index in [1.54, 1.807) is 0 Å². The summed E-state index contributed by atoms with van der Waals surface area (Å²) in [6.45, 7) is 0. The molecule has 0 fully saturated rings. The van der Waals surface area contributed by atoms with Crippen molar-refractivity contribution >= 4 is 54.1 Å². The first kappa shape index (κ1) is 34.8. The minimum Gasteiger partial charge on any atom is -0.308 e. The quantitative estimate of drug-likeness (QED) is 0.158. The molecule has 284 valence electrons. The molecular formula is C57H36N4. The van der Waals surface area contributed by atoms with Crippen molar-refractivity contribution in [2.75, 3.05) is 0 Å². The Hall–Kier alpha value is -8.21. The molecule has 4 heteroatoms. The van der Waals surface area contributed by atoms with Crippen molar-refractivity contribution < 1.29 is 0 Å². The highest BCUT2D eigenvalue weighted by Gasteiger charge is 2.21. The van der Waals surface area contributed by atoms with Gasteiger partial charge in [-0.25, -0.2) is 15.0 Å². The average molecular weight is 777 g/mol. The van der Waals surface area contributed by atoms with Crippen molar-refractivity contribution in [3.8, 4) is 62.1 Å². The third-order valence-electron chi connectivity index (χ3n) is 12.0. The second kappa shape index (κ2) is 14.3. The number of rotatable bonds is 6. The molecule has 10 aromatic carbocycles. The SMILES string of the molecule is c1ccc(-c2nc(-c3ccccc3)nc(-c3ccc(-c4cc5c6ccccc6c6ccccc6c5cc4-n4c5ccccc5c5cccc(-c6ccccc6)c54)cc3)n2)cc1. The lowest BCUT2D eigenvalue weighted by atomic mass is 9.90. The highest BCUT2D eigenvalue weighted by Crippen LogP contribution is 2.44. The van der Waals surface area contributed by atoms with Crippen molar-refractivity contribution in [2.45, 2.75) is 0 Å². The van der Waals surface area contributed by atoms with Crippen LogP contribution in [0.1, 0.15) is 0 Å².